The second-order valence-electron chi connectivity index (χ2n) is 7.34. The van der Waals surface area contributed by atoms with Crippen LogP contribution in [-0.2, 0) is 16.0 Å². The number of benzene rings is 2. The van der Waals surface area contributed by atoms with Crippen molar-refractivity contribution in [2.24, 2.45) is 11.8 Å². The molecule has 0 aromatic heterocycles. The molecule has 2 aliphatic rings. The lowest BCUT2D eigenvalue weighted by Crippen LogP contribution is -2.43. The summed E-state index contributed by atoms with van der Waals surface area (Å²) in [6.45, 7) is 0.663. The highest BCUT2D eigenvalue weighted by molar-refractivity contribution is 6.02. The maximum Gasteiger partial charge on any atom is 0.230 e. The standard InChI is InChI=1S/C22H23FN2O2/c23-18-10-4-5-11-19(18)24-21(26)16-8-2-3-9-17(16)22(27)25-14-13-15-7-1-6-12-20(15)25/h1,4-7,10-12,16-17H,2-3,8-9,13-14H2,(H,24,26). The fourth-order valence-electron chi connectivity index (χ4n) is 4.30. The summed E-state index contributed by atoms with van der Waals surface area (Å²) in [5, 5.41) is 2.69. The SMILES string of the molecule is O=C(Nc1ccccc1F)C1CCCCC1C(=O)N1CCc2ccccc21. The van der Waals surface area contributed by atoms with E-state index in [0.29, 0.717) is 19.4 Å². The Labute approximate surface area is 158 Å². The van der Waals surface area contributed by atoms with E-state index < -0.39 is 11.7 Å². The van der Waals surface area contributed by atoms with Crippen LogP contribution < -0.4 is 10.2 Å². The molecule has 2 atom stereocenters. The van der Waals surface area contributed by atoms with Gasteiger partial charge in [0.05, 0.1) is 11.6 Å². The third-order valence-corrected chi connectivity index (χ3v) is 5.70. The highest BCUT2D eigenvalue weighted by Gasteiger charge is 2.39. The van der Waals surface area contributed by atoms with E-state index in [1.54, 1.807) is 18.2 Å². The van der Waals surface area contributed by atoms with Gasteiger partial charge in [0, 0.05) is 18.2 Å². The summed E-state index contributed by atoms with van der Waals surface area (Å²) in [5.74, 6) is -1.47. The molecular formula is C22H23FN2O2. The van der Waals surface area contributed by atoms with Crippen molar-refractivity contribution in [3.8, 4) is 0 Å². The van der Waals surface area contributed by atoms with Gasteiger partial charge in [-0.2, -0.15) is 0 Å². The van der Waals surface area contributed by atoms with Crippen molar-refractivity contribution >= 4 is 23.2 Å². The number of fused-ring (bicyclic) bond motifs is 1. The molecule has 4 nitrogen and oxygen atoms in total. The van der Waals surface area contributed by atoms with E-state index >= 15 is 0 Å². The van der Waals surface area contributed by atoms with Gasteiger partial charge < -0.3 is 10.2 Å². The van der Waals surface area contributed by atoms with Crippen molar-refractivity contribution in [2.45, 2.75) is 32.1 Å². The average Bonchev–Trinajstić information content (AvgIpc) is 3.13. The van der Waals surface area contributed by atoms with Gasteiger partial charge >= 0.3 is 0 Å². The Balaban J connectivity index is 1.53. The molecule has 1 aliphatic carbocycles. The van der Waals surface area contributed by atoms with Crippen molar-refractivity contribution in [2.75, 3.05) is 16.8 Å². The minimum Gasteiger partial charge on any atom is -0.323 e. The van der Waals surface area contributed by atoms with Crippen LogP contribution in [0.1, 0.15) is 31.2 Å². The zero-order valence-electron chi connectivity index (χ0n) is 15.2. The first-order valence-corrected chi connectivity index (χ1v) is 9.60. The number of rotatable bonds is 3. The van der Waals surface area contributed by atoms with Crippen LogP contribution in [0.2, 0.25) is 0 Å². The van der Waals surface area contributed by atoms with Crippen molar-refractivity contribution < 1.29 is 14.0 Å². The fourth-order valence-corrected chi connectivity index (χ4v) is 4.30. The summed E-state index contributed by atoms with van der Waals surface area (Å²) in [4.78, 5) is 27.9. The number of halogens is 1. The van der Waals surface area contributed by atoms with Gasteiger partial charge in [-0.3, -0.25) is 9.59 Å². The van der Waals surface area contributed by atoms with Crippen molar-refractivity contribution in [1.29, 1.82) is 0 Å². The maximum atomic E-state index is 13.9. The largest absolute Gasteiger partial charge is 0.323 e. The number of amides is 2. The first kappa shape index (κ1) is 17.7. The first-order chi connectivity index (χ1) is 13.1. The summed E-state index contributed by atoms with van der Waals surface area (Å²) in [7, 11) is 0. The third kappa shape index (κ3) is 3.46. The summed E-state index contributed by atoms with van der Waals surface area (Å²) in [5.41, 5.74) is 2.31. The van der Waals surface area contributed by atoms with Gasteiger partial charge in [-0.15, -0.1) is 0 Å². The highest BCUT2D eigenvalue weighted by Crippen LogP contribution is 2.36. The highest BCUT2D eigenvalue weighted by atomic mass is 19.1. The molecule has 2 aromatic carbocycles. The van der Waals surface area contributed by atoms with E-state index in [4.69, 9.17) is 0 Å². The molecule has 2 unspecified atom stereocenters. The van der Waals surface area contributed by atoms with Crippen LogP contribution in [0.5, 0.6) is 0 Å². The number of para-hydroxylation sites is 2. The molecule has 2 amide bonds. The molecule has 140 valence electrons. The number of anilines is 2. The second-order valence-corrected chi connectivity index (χ2v) is 7.34. The first-order valence-electron chi connectivity index (χ1n) is 9.60. The van der Waals surface area contributed by atoms with Gasteiger partial charge in [-0.25, -0.2) is 4.39 Å². The van der Waals surface area contributed by atoms with E-state index in [-0.39, 0.29) is 23.4 Å². The van der Waals surface area contributed by atoms with Crippen molar-refractivity contribution in [3.05, 3.63) is 59.9 Å². The molecule has 4 rings (SSSR count). The Kier molecular flexibility index (Phi) is 4.92. The van der Waals surface area contributed by atoms with Gasteiger partial charge in [-0.05, 0) is 43.0 Å². The molecule has 1 heterocycles. The zero-order chi connectivity index (χ0) is 18.8. The van der Waals surface area contributed by atoms with Crippen molar-refractivity contribution in [3.63, 3.8) is 0 Å². The molecule has 5 heteroatoms. The molecule has 27 heavy (non-hydrogen) atoms. The van der Waals surface area contributed by atoms with Crippen LogP contribution >= 0.6 is 0 Å². The molecule has 0 spiro atoms. The number of hydrogen-bond acceptors (Lipinski definition) is 2. The zero-order valence-corrected chi connectivity index (χ0v) is 15.2. The van der Waals surface area contributed by atoms with Crippen LogP contribution in [0.4, 0.5) is 15.8 Å². The average molecular weight is 366 g/mol. The van der Waals surface area contributed by atoms with Crippen LogP contribution in [0.15, 0.2) is 48.5 Å². The topological polar surface area (TPSA) is 49.4 Å². The Bertz CT molecular complexity index is 867. The molecule has 0 bridgehead atoms. The van der Waals surface area contributed by atoms with E-state index in [9.17, 15) is 14.0 Å². The number of hydrogen-bond donors (Lipinski definition) is 1. The Morgan fingerprint density at radius 2 is 1.67 bits per heavy atom. The van der Waals surface area contributed by atoms with Crippen molar-refractivity contribution in [1.82, 2.24) is 0 Å². The van der Waals surface area contributed by atoms with E-state index in [1.165, 1.54) is 11.6 Å². The van der Waals surface area contributed by atoms with Gasteiger partial charge in [-0.1, -0.05) is 43.2 Å². The molecule has 1 aliphatic heterocycles. The summed E-state index contributed by atoms with van der Waals surface area (Å²) in [6, 6.07) is 14.1. The molecule has 1 fully saturated rings. The maximum absolute atomic E-state index is 13.9. The Hall–Kier alpha value is -2.69. The third-order valence-electron chi connectivity index (χ3n) is 5.70. The van der Waals surface area contributed by atoms with Gasteiger partial charge in [0.15, 0.2) is 0 Å². The second kappa shape index (κ2) is 7.51. The molecule has 2 aromatic rings. The lowest BCUT2D eigenvalue weighted by atomic mass is 9.77. The van der Waals surface area contributed by atoms with Gasteiger partial charge in [0.1, 0.15) is 5.82 Å². The van der Waals surface area contributed by atoms with Gasteiger partial charge in [0.2, 0.25) is 11.8 Å². The van der Waals surface area contributed by atoms with Gasteiger partial charge in [0.25, 0.3) is 0 Å². The summed E-state index contributed by atoms with van der Waals surface area (Å²) >= 11 is 0. The van der Waals surface area contributed by atoms with E-state index in [2.05, 4.69) is 5.32 Å². The van der Waals surface area contributed by atoms with Crippen LogP contribution in [-0.4, -0.2) is 18.4 Å². The summed E-state index contributed by atoms with van der Waals surface area (Å²) in [6.07, 6.45) is 4.06. The molecule has 0 radical (unpaired) electrons. The normalized spacial score (nSPS) is 21.6. The van der Waals surface area contributed by atoms with E-state index in [0.717, 1.165) is 24.9 Å². The minimum atomic E-state index is -0.460. The molecule has 1 saturated carbocycles. The minimum absolute atomic E-state index is 0.0216. The Morgan fingerprint density at radius 3 is 2.48 bits per heavy atom. The van der Waals surface area contributed by atoms with E-state index in [1.807, 2.05) is 29.2 Å². The predicted molar refractivity (Wildman–Crippen MR) is 103 cm³/mol. The van der Waals surface area contributed by atoms with Crippen LogP contribution in [0.25, 0.3) is 0 Å². The Morgan fingerprint density at radius 1 is 0.963 bits per heavy atom. The summed E-state index contributed by atoms with van der Waals surface area (Å²) < 4.78 is 13.9. The predicted octanol–water partition coefficient (Wildman–Crippen LogP) is 4.16. The number of carbonyl (C=O) groups excluding carboxylic acids is 2. The molecular weight excluding hydrogens is 343 g/mol. The smallest absolute Gasteiger partial charge is 0.230 e. The quantitative estimate of drug-likeness (QED) is 0.887. The monoisotopic (exact) mass is 366 g/mol. The molecule has 0 saturated heterocycles. The lowest BCUT2D eigenvalue weighted by molar-refractivity contribution is -0.132. The molecule has 1 N–H and O–H groups in total. The number of nitrogens with one attached hydrogen (secondary N) is 1. The van der Waals surface area contributed by atoms with Crippen LogP contribution in [0.3, 0.4) is 0 Å². The fraction of sp³-hybridized carbons (Fsp3) is 0.364. The number of carbonyl (C=O) groups is 2. The van der Waals surface area contributed by atoms with Crippen LogP contribution in [0, 0.1) is 17.7 Å². The lowest BCUT2D eigenvalue weighted by Gasteiger charge is -2.32. The number of nitrogens with zero attached hydrogens (tertiary/aromatic N) is 1.